The van der Waals surface area contributed by atoms with E-state index in [9.17, 15) is 9.18 Å². The van der Waals surface area contributed by atoms with Crippen LogP contribution in [0.25, 0.3) is 0 Å². The molecule has 1 saturated carbocycles. The second-order valence-electron chi connectivity index (χ2n) is 7.86. The van der Waals surface area contributed by atoms with Gasteiger partial charge in [-0.25, -0.2) is 14.4 Å². The molecule has 0 unspecified atom stereocenters. The summed E-state index contributed by atoms with van der Waals surface area (Å²) in [6, 6.07) is 7.12. The number of carbonyl (C=O) groups is 1. The number of nitrogens with zero attached hydrogens (tertiary/aromatic N) is 4. The Hall–Kier alpha value is -2.70. The van der Waals surface area contributed by atoms with Crippen LogP contribution in [-0.2, 0) is 0 Å². The number of hydrogen-bond donors (Lipinski definition) is 1. The Morgan fingerprint density at radius 2 is 1.55 bits per heavy atom. The molecule has 0 bridgehead atoms. The number of nitrogens with one attached hydrogen (secondary N) is 1. The number of carbonyl (C=O) groups excluding carboxylic acids is 1. The van der Waals surface area contributed by atoms with Crippen LogP contribution in [0.1, 0.15) is 48.9 Å². The van der Waals surface area contributed by atoms with Crippen LogP contribution >= 0.6 is 0 Å². The van der Waals surface area contributed by atoms with E-state index < -0.39 is 0 Å². The Balaban J connectivity index is 1.32. The summed E-state index contributed by atoms with van der Waals surface area (Å²) in [5.74, 6) is 0.332. The molecule has 0 atom stereocenters. The fourth-order valence-corrected chi connectivity index (χ4v) is 4.15. The lowest BCUT2D eigenvalue weighted by atomic mass is 10.1. The van der Waals surface area contributed by atoms with Gasteiger partial charge in [0.15, 0.2) is 0 Å². The van der Waals surface area contributed by atoms with Crippen LogP contribution < -0.4 is 15.1 Å². The zero-order chi connectivity index (χ0) is 20.1. The molecule has 2 fully saturated rings. The van der Waals surface area contributed by atoms with Crippen molar-refractivity contribution < 1.29 is 9.18 Å². The third kappa shape index (κ3) is 4.83. The van der Waals surface area contributed by atoms with Gasteiger partial charge >= 0.3 is 0 Å². The first-order valence-corrected chi connectivity index (χ1v) is 10.6. The molecule has 1 aliphatic carbocycles. The number of benzene rings is 1. The van der Waals surface area contributed by atoms with Crippen LogP contribution in [0.2, 0.25) is 0 Å². The summed E-state index contributed by atoms with van der Waals surface area (Å²) in [5.41, 5.74) is 1.14. The highest BCUT2D eigenvalue weighted by Gasteiger charge is 2.22. The van der Waals surface area contributed by atoms with Gasteiger partial charge in [-0.15, -0.1) is 0 Å². The minimum Gasteiger partial charge on any atom is -0.366 e. The summed E-state index contributed by atoms with van der Waals surface area (Å²) < 4.78 is 14.0. The maximum Gasteiger partial charge on any atom is 0.254 e. The van der Waals surface area contributed by atoms with Crippen molar-refractivity contribution in [1.29, 1.82) is 0 Å². The number of piperazine rings is 1. The Morgan fingerprint density at radius 1 is 0.931 bits per heavy atom. The van der Waals surface area contributed by atoms with E-state index >= 15 is 0 Å². The molecule has 2 aliphatic rings. The molecule has 1 aliphatic heterocycles. The topological polar surface area (TPSA) is 61.4 Å². The molecule has 4 rings (SSSR count). The van der Waals surface area contributed by atoms with Crippen molar-refractivity contribution in [3.63, 3.8) is 0 Å². The van der Waals surface area contributed by atoms with Crippen LogP contribution in [0, 0.1) is 5.82 Å². The minimum atomic E-state index is -0.193. The summed E-state index contributed by atoms with van der Waals surface area (Å²) in [4.78, 5) is 25.4. The van der Waals surface area contributed by atoms with E-state index in [2.05, 4.69) is 20.2 Å². The second-order valence-corrected chi connectivity index (χ2v) is 7.86. The fraction of sp³-hybridized carbons (Fsp3) is 0.500. The zero-order valence-corrected chi connectivity index (χ0v) is 16.7. The fourth-order valence-electron chi connectivity index (χ4n) is 4.15. The monoisotopic (exact) mass is 397 g/mol. The Kier molecular flexibility index (Phi) is 6.22. The largest absolute Gasteiger partial charge is 0.366 e. The van der Waals surface area contributed by atoms with E-state index in [-0.39, 0.29) is 17.8 Å². The van der Waals surface area contributed by atoms with Gasteiger partial charge in [0.2, 0.25) is 5.95 Å². The quantitative estimate of drug-likeness (QED) is 0.802. The molecule has 1 saturated heterocycles. The third-order valence-electron chi connectivity index (χ3n) is 5.85. The van der Waals surface area contributed by atoms with E-state index in [4.69, 9.17) is 0 Å². The average molecular weight is 397 g/mol. The molecule has 2 heterocycles. The van der Waals surface area contributed by atoms with Gasteiger partial charge in [-0.05, 0) is 25.0 Å². The lowest BCUT2D eigenvalue weighted by molar-refractivity contribution is 0.0932. The molecule has 6 nitrogen and oxygen atoms in total. The van der Waals surface area contributed by atoms with Crippen LogP contribution in [0.5, 0.6) is 0 Å². The van der Waals surface area contributed by atoms with Crippen molar-refractivity contribution in [3.8, 4) is 0 Å². The van der Waals surface area contributed by atoms with Crippen molar-refractivity contribution in [2.75, 3.05) is 36.0 Å². The second kappa shape index (κ2) is 9.20. The van der Waals surface area contributed by atoms with Gasteiger partial charge in [-0.3, -0.25) is 4.79 Å². The SMILES string of the molecule is O=C(NC1CCCCCC1)c1cnc(N2CCN(c3ccccc3F)CC2)nc1. The molecule has 0 spiro atoms. The van der Waals surface area contributed by atoms with Crippen LogP contribution in [-0.4, -0.2) is 48.1 Å². The highest BCUT2D eigenvalue weighted by Crippen LogP contribution is 2.21. The number of anilines is 2. The van der Waals surface area contributed by atoms with Crippen molar-refractivity contribution >= 4 is 17.5 Å². The highest BCUT2D eigenvalue weighted by atomic mass is 19.1. The minimum absolute atomic E-state index is 0.0900. The van der Waals surface area contributed by atoms with Gasteiger partial charge in [-0.2, -0.15) is 0 Å². The van der Waals surface area contributed by atoms with E-state index in [1.807, 2.05) is 17.0 Å². The number of amides is 1. The highest BCUT2D eigenvalue weighted by molar-refractivity contribution is 5.93. The molecule has 1 N–H and O–H groups in total. The van der Waals surface area contributed by atoms with Crippen molar-refractivity contribution in [2.45, 2.75) is 44.6 Å². The molecule has 1 aromatic heterocycles. The predicted molar refractivity (Wildman–Crippen MR) is 112 cm³/mol. The molecule has 154 valence electrons. The number of aromatic nitrogens is 2. The van der Waals surface area contributed by atoms with E-state index in [0.29, 0.717) is 43.4 Å². The number of rotatable bonds is 4. The van der Waals surface area contributed by atoms with Gasteiger partial charge in [0.25, 0.3) is 5.91 Å². The van der Waals surface area contributed by atoms with Gasteiger partial charge in [0, 0.05) is 44.6 Å². The summed E-state index contributed by atoms with van der Waals surface area (Å²) >= 11 is 0. The molecule has 29 heavy (non-hydrogen) atoms. The Bertz CT molecular complexity index is 812. The smallest absolute Gasteiger partial charge is 0.254 e. The summed E-state index contributed by atoms with van der Waals surface area (Å²) in [7, 11) is 0. The van der Waals surface area contributed by atoms with Gasteiger partial charge in [0.1, 0.15) is 5.82 Å². The molecular weight excluding hydrogens is 369 g/mol. The normalized spacial score (nSPS) is 18.4. The first kappa shape index (κ1) is 19.6. The first-order valence-electron chi connectivity index (χ1n) is 10.6. The van der Waals surface area contributed by atoms with Crippen molar-refractivity contribution in [3.05, 3.63) is 48.0 Å². The lowest BCUT2D eigenvalue weighted by Crippen LogP contribution is -2.47. The summed E-state index contributed by atoms with van der Waals surface area (Å²) in [6.45, 7) is 2.83. The average Bonchev–Trinajstić information content (AvgIpc) is 3.03. The third-order valence-corrected chi connectivity index (χ3v) is 5.85. The van der Waals surface area contributed by atoms with Crippen LogP contribution in [0.15, 0.2) is 36.7 Å². The molecule has 2 aromatic rings. The van der Waals surface area contributed by atoms with Crippen LogP contribution in [0.3, 0.4) is 0 Å². The number of para-hydroxylation sites is 1. The van der Waals surface area contributed by atoms with E-state index in [0.717, 1.165) is 12.8 Å². The molecule has 1 aromatic carbocycles. The van der Waals surface area contributed by atoms with Crippen molar-refractivity contribution in [2.24, 2.45) is 0 Å². The van der Waals surface area contributed by atoms with E-state index in [1.54, 1.807) is 18.5 Å². The number of hydrogen-bond acceptors (Lipinski definition) is 5. The van der Waals surface area contributed by atoms with Crippen LogP contribution in [0.4, 0.5) is 16.0 Å². The maximum absolute atomic E-state index is 14.0. The first-order chi connectivity index (χ1) is 14.2. The zero-order valence-electron chi connectivity index (χ0n) is 16.7. The molecular formula is C22H28FN5O. The lowest BCUT2D eigenvalue weighted by Gasteiger charge is -2.36. The predicted octanol–water partition coefficient (Wildman–Crippen LogP) is 3.39. The van der Waals surface area contributed by atoms with E-state index in [1.165, 1.54) is 31.7 Å². The molecule has 7 heteroatoms. The summed E-state index contributed by atoms with van der Waals surface area (Å²) in [6.07, 6.45) is 10.2. The maximum atomic E-state index is 14.0. The van der Waals surface area contributed by atoms with Gasteiger partial charge < -0.3 is 15.1 Å². The number of halogens is 1. The summed E-state index contributed by atoms with van der Waals surface area (Å²) in [5, 5.41) is 3.13. The van der Waals surface area contributed by atoms with Gasteiger partial charge in [-0.1, -0.05) is 37.8 Å². The van der Waals surface area contributed by atoms with Gasteiger partial charge in [0.05, 0.1) is 11.3 Å². The molecule has 1 amide bonds. The Labute approximate surface area is 171 Å². The molecule has 0 radical (unpaired) electrons. The Morgan fingerprint density at radius 3 is 2.21 bits per heavy atom. The standard InChI is InChI=1S/C22H28FN5O/c23-19-9-5-6-10-20(19)27-11-13-28(14-12-27)22-24-15-17(16-25-22)21(29)26-18-7-3-1-2-4-8-18/h5-6,9-10,15-16,18H,1-4,7-8,11-14H2,(H,26,29). The van der Waals surface area contributed by atoms with Crippen molar-refractivity contribution in [1.82, 2.24) is 15.3 Å².